The molecule has 138 valence electrons. The molecule has 1 heterocycles. The summed E-state index contributed by atoms with van der Waals surface area (Å²) in [4.78, 5) is 24.8. The molecule has 0 saturated carbocycles. The van der Waals surface area contributed by atoms with E-state index in [-0.39, 0.29) is 18.4 Å². The highest BCUT2D eigenvalue weighted by Crippen LogP contribution is 2.31. The van der Waals surface area contributed by atoms with Crippen LogP contribution < -0.4 is 16.4 Å². The van der Waals surface area contributed by atoms with Gasteiger partial charge in [0.2, 0.25) is 5.91 Å². The van der Waals surface area contributed by atoms with Crippen LogP contribution in [-0.2, 0) is 9.53 Å². The van der Waals surface area contributed by atoms with Gasteiger partial charge in [-0.25, -0.2) is 0 Å². The molecule has 1 aromatic carbocycles. The van der Waals surface area contributed by atoms with Crippen LogP contribution >= 0.6 is 11.6 Å². The summed E-state index contributed by atoms with van der Waals surface area (Å²) >= 11 is 6.22. The van der Waals surface area contributed by atoms with Crippen molar-refractivity contribution in [1.29, 1.82) is 0 Å². The Morgan fingerprint density at radius 3 is 2.56 bits per heavy atom. The molecule has 1 aliphatic heterocycles. The fourth-order valence-corrected chi connectivity index (χ4v) is 2.99. The smallest absolute Gasteiger partial charge is 0.252 e. The number of amides is 2. The molecule has 25 heavy (non-hydrogen) atoms. The number of benzene rings is 1. The maximum atomic E-state index is 12.7. The van der Waals surface area contributed by atoms with Gasteiger partial charge in [-0.1, -0.05) is 25.4 Å². The second-order valence-corrected chi connectivity index (χ2v) is 7.26. The summed E-state index contributed by atoms with van der Waals surface area (Å²) in [5.41, 5.74) is 6.18. The summed E-state index contributed by atoms with van der Waals surface area (Å²) in [7, 11) is 0. The fourth-order valence-electron chi connectivity index (χ4n) is 2.72. The third-order valence-corrected chi connectivity index (χ3v) is 4.78. The Morgan fingerprint density at radius 1 is 1.32 bits per heavy atom. The van der Waals surface area contributed by atoms with Gasteiger partial charge in [-0.15, -0.1) is 0 Å². The Balaban J connectivity index is 2.07. The molecule has 4 N–H and O–H groups in total. The topological polar surface area (TPSA) is 93.5 Å². The van der Waals surface area contributed by atoms with Gasteiger partial charge in [-0.05, 0) is 37.0 Å². The lowest BCUT2D eigenvalue weighted by molar-refractivity contribution is -0.130. The molecule has 0 radical (unpaired) electrons. The van der Waals surface area contributed by atoms with E-state index in [0.29, 0.717) is 54.8 Å². The molecule has 7 heteroatoms. The minimum Gasteiger partial charge on any atom is -0.381 e. The molecule has 0 atom stereocenters. The van der Waals surface area contributed by atoms with Crippen molar-refractivity contribution < 1.29 is 14.3 Å². The summed E-state index contributed by atoms with van der Waals surface area (Å²) in [6.45, 7) is 5.94. The van der Waals surface area contributed by atoms with Crippen LogP contribution in [0.4, 0.5) is 5.69 Å². The van der Waals surface area contributed by atoms with Crippen molar-refractivity contribution in [2.24, 2.45) is 17.1 Å². The molecule has 1 fully saturated rings. The zero-order valence-corrected chi connectivity index (χ0v) is 15.5. The average Bonchev–Trinajstić information content (AvgIpc) is 2.60. The summed E-state index contributed by atoms with van der Waals surface area (Å²) in [5, 5.41) is 5.99. The van der Waals surface area contributed by atoms with Gasteiger partial charge in [0.15, 0.2) is 0 Å². The third-order valence-electron chi connectivity index (χ3n) is 4.46. The van der Waals surface area contributed by atoms with E-state index in [1.54, 1.807) is 18.2 Å². The number of halogens is 1. The number of hydrogen-bond donors (Lipinski definition) is 3. The maximum absolute atomic E-state index is 12.7. The Hall–Kier alpha value is -1.63. The largest absolute Gasteiger partial charge is 0.381 e. The lowest BCUT2D eigenvalue weighted by Crippen LogP contribution is -2.46. The highest BCUT2D eigenvalue weighted by Gasteiger charge is 2.38. The number of nitrogens with one attached hydrogen (secondary N) is 2. The van der Waals surface area contributed by atoms with E-state index in [2.05, 4.69) is 10.6 Å². The molecule has 0 aliphatic carbocycles. The maximum Gasteiger partial charge on any atom is 0.252 e. The molecular weight excluding hydrogens is 342 g/mol. The van der Waals surface area contributed by atoms with Crippen LogP contribution in [-0.4, -0.2) is 38.1 Å². The van der Waals surface area contributed by atoms with Crippen molar-refractivity contribution in [3.05, 3.63) is 28.8 Å². The van der Waals surface area contributed by atoms with Gasteiger partial charge in [0.05, 0.1) is 16.0 Å². The lowest BCUT2D eigenvalue weighted by Gasteiger charge is -2.34. The molecule has 6 nitrogen and oxygen atoms in total. The number of hydrogen-bond acceptors (Lipinski definition) is 4. The first-order valence-electron chi connectivity index (χ1n) is 8.55. The minimum atomic E-state index is -0.613. The van der Waals surface area contributed by atoms with Crippen LogP contribution in [0.1, 0.15) is 37.0 Å². The minimum absolute atomic E-state index is 0.133. The molecule has 0 unspecified atom stereocenters. The summed E-state index contributed by atoms with van der Waals surface area (Å²) in [5.74, 6) is -0.000905. The number of carbonyl (C=O) groups is 2. The monoisotopic (exact) mass is 367 g/mol. The van der Waals surface area contributed by atoms with E-state index >= 15 is 0 Å². The van der Waals surface area contributed by atoms with E-state index < -0.39 is 5.41 Å². The van der Waals surface area contributed by atoms with Gasteiger partial charge in [0.25, 0.3) is 5.91 Å². The van der Waals surface area contributed by atoms with Crippen LogP contribution in [0, 0.1) is 11.3 Å². The molecule has 0 bridgehead atoms. The van der Waals surface area contributed by atoms with Gasteiger partial charge in [-0.3, -0.25) is 9.59 Å². The Labute approximate surface area is 153 Å². The molecular formula is C18H26ClN3O3. The number of rotatable bonds is 6. The van der Waals surface area contributed by atoms with Crippen LogP contribution in [0.5, 0.6) is 0 Å². The van der Waals surface area contributed by atoms with Crippen LogP contribution in [0.15, 0.2) is 18.2 Å². The van der Waals surface area contributed by atoms with Gasteiger partial charge < -0.3 is 21.1 Å². The first-order chi connectivity index (χ1) is 11.9. The first-order valence-corrected chi connectivity index (χ1v) is 8.93. The number of carbonyl (C=O) groups excluding carboxylic acids is 2. The van der Waals surface area contributed by atoms with Crippen LogP contribution in [0.3, 0.4) is 0 Å². The van der Waals surface area contributed by atoms with E-state index in [0.717, 1.165) is 0 Å². The predicted octanol–water partition coefficient (Wildman–Crippen LogP) is 2.42. The molecule has 1 saturated heterocycles. The average molecular weight is 368 g/mol. The summed E-state index contributed by atoms with van der Waals surface area (Å²) < 4.78 is 5.33. The number of ether oxygens (including phenoxy) is 1. The van der Waals surface area contributed by atoms with Crippen LogP contribution in [0.2, 0.25) is 5.02 Å². The Bertz CT molecular complexity index is 628. The molecule has 0 spiro atoms. The molecule has 0 aromatic heterocycles. The number of nitrogens with two attached hydrogens (primary N) is 1. The number of anilines is 1. The second kappa shape index (κ2) is 8.65. The quantitative estimate of drug-likeness (QED) is 0.719. The van der Waals surface area contributed by atoms with Gasteiger partial charge in [0.1, 0.15) is 0 Å². The van der Waals surface area contributed by atoms with Crippen molar-refractivity contribution in [3.8, 4) is 0 Å². The van der Waals surface area contributed by atoms with Gasteiger partial charge in [-0.2, -0.15) is 0 Å². The van der Waals surface area contributed by atoms with E-state index in [9.17, 15) is 9.59 Å². The van der Waals surface area contributed by atoms with E-state index in [4.69, 9.17) is 22.1 Å². The highest BCUT2D eigenvalue weighted by molar-refractivity contribution is 6.34. The fraction of sp³-hybridized carbons (Fsp3) is 0.556. The van der Waals surface area contributed by atoms with Crippen molar-refractivity contribution >= 4 is 29.1 Å². The lowest BCUT2D eigenvalue weighted by atomic mass is 9.79. The highest BCUT2D eigenvalue weighted by atomic mass is 35.5. The van der Waals surface area contributed by atoms with Gasteiger partial charge >= 0.3 is 0 Å². The first kappa shape index (κ1) is 19.7. The second-order valence-electron chi connectivity index (χ2n) is 6.85. The van der Waals surface area contributed by atoms with Crippen molar-refractivity contribution in [3.63, 3.8) is 0 Å². The molecule has 2 rings (SSSR count). The van der Waals surface area contributed by atoms with Crippen molar-refractivity contribution in [2.75, 3.05) is 31.6 Å². The zero-order chi connectivity index (χ0) is 18.4. The van der Waals surface area contributed by atoms with Crippen molar-refractivity contribution in [1.82, 2.24) is 5.32 Å². The zero-order valence-electron chi connectivity index (χ0n) is 14.7. The standard InChI is InChI=1S/C18H26ClN3O3/c1-12(2)10-21-16(23)14-4-3-13(9-15(14)19)22-17(24)18(11-20)5-7-25-8-6-18/h3-4,9,12H,5-8,10-11,20H2,1-2H3,(H,21,23)(H,22,24). The molecule has 1 aromatic rings. The predicted molar refractivity (Wildman–Crippen MR) is 98.8 cm³/mol. The van der Waals surface area contributed by atoms with E-state index in [1.807, 2.05) is 13.8 Å². The summed E-state index contributed by atoms with van der Waals surface area (Å²) in [6.07, 6.45) is 1.19. The molecule has 1 aliphatic rings. The molecule has 2 amide bonds. The normalized spacial score (nSPS) is 16.5. The summed E-state index contributed by atoms with van der Waals surface area (Å²) in [6, 6.07) is 4.89. The third kappa shape index (κ3) is 4.93. The Morgan fingerprint density at radius 2 is 2.00 bits per heavy atom. The van der Waals surface area contributed by atoms with Crippen molar-refractivity contribution in [2.45, 2.75) is 26.7 Å². The SMILES string of the molecule is CC(C)CNC(=O)c1ccc(NC(=O)C2(CN)CCOCC2)cc1Cl. The Kier molecular flexibility index (Phi) is 6.81. The van der Waals surface area contributed by atoms with Crippen LogP contribution in [0.25, 0.3) is 0 Å². The van der Waals surface area contributed by atoms with E-state index in [1.165, 1.54) is 0 Å². The van der Waals surface area contributed by atoms with Gasteiger partial charge in [0, 0.05) is 32.0 Å².